The molecule has 32 heavy (non-hydrogen) atoms. The molecule has 2 bridgehead atoms. The molecule has 2 saturated carbocycles. The van der Waals surface area contributed by atoms with E-state index in [2.05, 4.69) is 17.4 Å². The standard InChI is InChI=1S/C25H23ClN2O2S2/c26-17-10-8-14(9-11-17)20-21-15-6-7-16(12-15)22(21)31-24-23(20)32-25(30)28(24)13-19(29)27-18-4-2-1-3-5-18/h1-5,8-11,15-16,20-22H,6-7,12-13H2,(H,27,29)/t15-,16+,20-,21+,22-/m0/s1. The SMILES string of the molecule is O=C(Cn1c2c(sc1=O)[C@@H](c1ccc(Cl)cc1)[C@H]1[C@H]3CC[C@H](C3)[C@@H]1S2)Nc1ccccc1. The molecule has 1 amide bonds. The summed E-state index contributed by atoms with van der Waals surface area (Å²) in [6, 6.07) is 17.5. The first-order chi connectivity index (χ1) is 15.6. The second-order valence-corrected chi connectivity index (χ2v) is 11.7. The van der Waals surface area contributed by atoms with Crippen LogP contribution in [0.4, 0.5) is 5.69 Å². The molecule has 1 aromatic heterocycles. The summed E-state index contributed by atoms with van der Waals surface area (Å²) in [5, 5.41) is 5.16. The maximum Gasteiger partial charge on any atom is 0.308 e. The van der Waals surface area contributed by atoms with Gasteiger partial charge in [0.05, 0.1) is 5.03 Å². The summed E-state index contributed by atoms with van der Waals surface area (Å²) in [5.41, 5.74) is 1.98. The fourth-order valence-electron chi connectivity index (χ4n) is 6.00. The van der Waals surface area contributed by atoms with Gasteiger partial charge in [-0.25, -0.2) is 0 Å². The first-order valence-corrected chi connectivity index (χ1v) is 13.2. The van der Waals surface area contributed by atoms with Crippen molar-refractivity contribution >= 4 is 46.3 Å². The van der Waals surface area contributed by atoms with Crippen LogP contribution in [-0.4, -0.2) is 15.7 Å². The van der Waals surface area contributed by atoms with Gasteiger partial charge in [-0.15, -0.1) is 11.8 Å². The summed E-state index contributed by atoms with van der Waals surface area (Å²) in [5.74, 6) is 2.02. The van der Waals surface area contributed by atoms with E-state index in [9.17, 15) is 9.59 Å². The van der Waals surface area contributed by atoms with Gasteiger partial charge in [0.2, 0.25) is 5.91 Å². The van der Waals surface area contributed by atoms with Gasteiger partial charge in [-0.2, -0.15) is 0 Å². The molecule has 164 valence electrons. The van der Waals surface area contributed by atoms with Crippen molar-refractivity contribution in [2.24, 2.45) is 17.8 Å². The van der Waals surface area contributed by atoms with E-state index in [0.29, 0.717) is 17.1 Å². The highest BCUT2D eigenvalue weighted by atomic mass is 35.5. The number of carbonyl (C=O) groups is 1. The average Bonchev–Trinajstić information content (AvgIpc) is 3.48. The molecule has 1 aliphatic heterocycles. The molecule has 7 heteroatoms. The first kappa shape index (κ1) is 20.6. The number of nitrogens with one attached hydrogen (secondary N) is 1. The molecule has 2 aromatic carbocycles. The van der Waals surface area contributed by atoms with Crippen molar-refractivity contribution in [2.75, 3.05) is 5.32 Å². The summed E-state index contributed by atoms with van der Waals surface area (Å²) in [4.78, 5) is 26.9. The Labute approximate surface area is 200 Å². The molecule has 0 unspecified atom stereocenters. The first-order valence-electron chi connectivity index (χ1n) is 11.1. The number of benzene rings is 2. The van der Waals surface area contributed by atoms with Crippen LogP contribution in [0, 0.1) is 17.8 Å². The third kappa shape index (κ3) is 3.44. The zero-order valence-corrected chi connectivity index (χ0v) is 19.8. The number of fused-ring (bicyclic) bond motifs is 6. The number of rotatable bonds is 4. The number of halogens is 1. The molecule has 3 aliphatic rings. The molecular formula is C25H23ClN2O2S2. The highest BCUT2D eigenvalue weighted by Crippen LogP contribution is 2.64. The van der Waals surface area contributed by atoms with Crippen LogP contribution in [0.2, 0.25) is 5.02 Å². The van der Waals surface area contributed by atoms with E-state index >= 15 is 0 Å². The van der Waals surface area contributed by atoms with Crippen molar-refractivity contribution in [3.63, 3.8) is 0 Å². The monoisotopic (exact) mass is 482 g/mol. The Balaban J connectivity index is 1.38. The highest BCUT2D eigenvalue weighted by Gasteiger charge is 2.55. The van der Waals surface area contributed by atoms with Crippen LogP contribution in [-0.2, 0) is 11.3 Å². The molecule has 5 atom stereocenters. The normalized spacial score (nSPS) is 27.7. The van der Waals surface area contributed by atoms with Gasteiger partial charge in [-0.05, 0) is 66.8 Å². The molecule has 6 rings (SSSR count). The number of anilines is 1. The minimum absolute atomic E-state index is 0.0444. The average molecular weight is 483 g/mol. The predicted molar refractivity (Wildman–Crippen MR) is 131 cm³/mol. The number of carbonyl (C=O) groups excluding carboxylic acids is 1. The molecule has 0 spiro atoms. The Hall–Kier alpha value is -2.02. The third-order valence-electron chi connectivity index (χ3n) is 7.28. The lowest BCUT2D eigenvalue weighted by atomic mass is 9.75. The fourth-order valence-corrected chi connectivity index (χ4v) is 9.27. The lowest BCUT2D eigenvalue weighted by molar-refractivity contribution is -0.116. The molecule has 2 heterocycles. The molecule has 4 nitrogen and oxygen atoms in total. The van der Waals surface area contributed by atoms with Crippen LogP contribution in [0.5, 0.6) is 0 Å². The molecule has 1 N–H and O–H groups in total. The summed E-state index contributed by atoms with van der Waals surface area (Å²) in [7, 11) is 0. The minimum atomic E-state index is -0.169. The van der Waals surface area contributed by atoms with Crippen LogP contribution < -0.4 is 10.2 Å². The van der Waals surface area contributed by atoms with Crippen LogP contribution in [0.1, 0.15) is 35.6 Å². The molecule has 0 saturated heterocycles. The van der Waals surface area contributed by atoms with Gasteiger partial charge >= 0.3 is 4.87 Å². The molecule has 2 fully saturated rings. The topological polar surface area (TPSA) is 51.1 Å². The van der Waals surface area contributed by atoms with E-state index in [-0.39, 0.29) is 23.2 Å². The zero-order chi connectivity index (χ0) is 21.8. The summed E-state index contributed by atoms with van der Waals surface area (Å²) >= 11 is 9.36. The third-order valence-corrected chi connectivity index (χ3v) is 10.4. The van der Waals surface area contributed by atoms with Crippen LogP contribution in [0.25, 0.3) is 0 Å². The Bertz CT molecular complexity index is 1220. The lowest BCUT2D eigenvalue weighted by Crippen LogP contribution is -2.34. The Kier molecular flexibility index (Phi) is 5.20. The van der Waals surface area contributed by atoms with Crippen molar-refractivity contribution in [3.8, 4) is 0 Å². The van der Waals surface area contributed by atoms with E-state index in [1.165, 1.54) is 36.2 Å². The van der Waals surface area contributed by atoms with Crippen molar-refractivity contribution in [2.45, 2.75) is 42.0 Å². The maximum absolute atomic E-state index is 13.1. The van der Waals surface area contributed by atoms with Crippen molar-refractivity contribution < 1.29 is 4.79 Å². The quantitative estimate of drug-likeness (QED) is 0.507. The zero-order valence-electron chi connectivity index (χ0n) is 17.4. The van der Waals surface area contributed by atoms with Gasteiger partial charge in [0.1, 0.15) is 6.54 Å². The van der Waals surface area contributed by atoms with Gasteiger partial charge in [-0.3, -0.25) is 14.2 Å². The second-order valence-electron chi connectivity index (χ2n) is 9.06. The number of hydrogen-bond donors (Lipinski definition) is 1. The Morgan fingerprint density at radius 3 is 2.59 bits per heavy atom. The van der Waals surface area contributed by atoms with Crippen molar-refractivity contribution in [1.29, 1.82) is 0 Å². The molecule has 3 aromatic rings. The molecular weight excluding hydrogens is 460 g/mol. The van der Waals surface area contributed by atoms with Crippen LogP contribution >= 0.6 is 34.7 Å². The fraction of sp³-hybridized carbons (Fsp3) is 0.360. The number of para-hydroxylation sites is 1. The number of nitrogens with zero attached hydrogens (tertiary/aromatic N) is 1. The van der Waals surface area contributed by atoms with Crippen LogP contribution in [0.15, 0.2) is 64.4 Å². The maximum atomic E-state index is 13.1. The lowest BCUT2D eigenvalue weighted by Gasteiger charge is -2.40. The minimum Gasteiger partial charge on any atom is -0.325 e. The number of amides is 1. The Morgan fingerprint density at radius 2 is 1.81 bits per heavy atom. The molecule has 0 radical (unpaired) electrons. The number of hydrogen-bond acceptors (Lipinski definition) is 4. The Morgan fingerprint density at radius 1 is 1.06 bits per heavy atom. The van der Waals surface area contributed by atoms with Crippen molar-refractivity contribution in [1.82, 2.24) is 4.57 Å². The van der Waals surface area contributed by atoms with Gasteiger partial charge < -0.3 is 5.32 Å². The number of thiazole rings is 1. The smallest absolute Gasteiger partial charge is 0.308 e. The van der Waals surface area contributed by atoms with E-state index in [1.807, 2.05) is 54.2 Å². The summed E-state index contributed by atoms with van der Waals surface area (Å²) in [6.45, 7) is 0.0470. The van der Waals surface area contributed by atoms with E-state index in [4.69, 9.17) is 11.6 Å². The van der Waals surface area contributed by atoms with Crippen LogP contribution in [0.3, 0.4) is 0 Å². The summed E-state index contributed by atoms with van der Waals surface area (Å²) < 4.78 is 1.70. The summed E-state index contributed by atoms with van der Waals surface area (Å²) in [6.07, 6.45) is 3.87. The molecule has 2 aliphatic carbocycles. The van der Waals surface area contributed by atoms with Gasteiger partial charge in [-0.1, -0.05) is 53.3 Å². The van der Waals surface area contributed by atoms with Gasteiger partial charge in [0, 0.05) is 26.8 Å². The highest BCUT2D eigenvalue weighted by molar-refractivity contribution is 8.00. The van der Waals surface area contributed by atoms with Gasteiger partial charge in [0.25, 0.3) is 0 Å². The second kappa shape index (κ2) is 8.08. The number of aromatic nitrogens is 1. The number of thioether (sulfide) groups is 1. The van der Waals surface area contributed by atoms with E-state index in [1.54, 1.807) is 4.57 Å². The predicted octanol–water partition coefficient (Wildman–Crippen LogP) is 5.85. The van der Waals surface area contributed by atoms with Crippen molar-refractivity contribution in [3.05, 3.63) is 79.7 Å². The van der Waals surface area contributed by atoms with E-state index < -0.39 is 0 Å². The van der Waals surface area contributed by atoms with E-state index in [0.717, 1.165) is 26.5 Å². The largest absolute Gasteiger partial charge is 0.325 e. The van der Waals surface area contributed by atoms with Gasteiger partial charge in [0.15, 0.2) is 0 Å².